The normalized spacial score (nSPS) is 21.6. The van der Waals surface area contributed by atoms with Crippen LogP contribution in [0.1, 0.15) is 24.8 Å². The SMILES string of the molecule is FC(F)(F)c1cccc2c1SC1(CCC1)CN2. The highest BCUT2D eigenvalue weighted by atomic mass is 32.2. The quantitative estimate of drug-likeness (QED) is 0.751. The molecule has 0 aromatic heterocycles. The molecule has 0 saturated heterocycles. The number of rotatable bonds is 0. The molecule has 1 nitrogen and oxygen atoms in total. The van der Waals surface area contributed by atoms with Gasteiger partial charge in [-0.3, -0.25) is 0 Å². The molecule has 1 fully saturated rings. The molecular formula is C12H12F3NS. The Morgan fingerprint density at radius 2 is 2.00 bits per heavy atom. The van der Waals surface area contributed by atoms with Gasteiger partial charge < -0.3 is 5.32 Å². The highest BCUT2D eigenvalue weighted by Gasteiger charge is 2.44. The van der Waals surface area contributed by atoms with Crippen molar-refractivity contribution in [1.29, 1.82) is 0 Å². The van der Waals surface area contributed by atoms with Crippen molar-refractivity contribution in [2.75, 3.05) is 11.9 Å². The first-order valence-electron chi connectivity index (χ1n) is 5.63. The highest BCUT2D eigenvalue weighted by Crippen LogP contribution is 2.54. The van der Waals surface area contributed by atoms with Crippen molar-refractivity contribution < 1.29 is 13.2 Å². The first-order valence-corrected chi connectivity index (χ1v) is 6.45. The number of alkyl halides is 3. The molecule has 3 rings (SSSR count). The van der Waals surface area contributed by atoms with E-state index in [-0.39, 0.29) is 4.75 Å². The molecule has 0 radical (unpaired) electrons. The molecule has 17 heavy (non-hydrogen) atoms. The fraction of sp³-hybridized carbons (Fsp3) is 0.500. The number of anilines is 1. The second kappa shape index (κ2) is 3.57. The zero-order valence-electron chi connectivity index (χ0n) is 9.10. The lowest BCUT2D eigenvalue weighted by Crippen LogP contribution is -2.43. The molecule has 0 atom stereocenters. The standard InChI is InChI=1S/C12H12F3NS/c13-12(14,15)8-3-1-4-9-10(8)17-11(7-16-9)5-2-6-11/h1,3-4,16H,2,5-7H2. The zero-order chi connectivity index (χ0) is 12.1. The summed E-state index contributed by atoms with van der Waals surface area (Å²) in [6, 6.07) is 4.36. The minimum Gasteiger partial charge on any atom is -0.383 e. The van der Waals surface area contributed by atoms with Gasteiger partial charge in [-0.2, -0.15) is 13.2 Å². The van der Waals surface area contributed by atoms with Crippen LogP contribution < -0.4 is 5.32 Å². The van der Waals surface area contributed by atoms with Gasteiger partial charge in [0.1, 0.15) is 0 Å². The number of halogens is 3. The molecule has 2 aliphatic rings. The van der Waals surface area contributed by atoms with E-state index in [1.807, 2.05) is 0 Å². The van der Waals surface area contributed by atoms with Gasteiger partial charge in [-0.15, -0.1) is 11.8 Å². The third-order valence-corrected chi connectivity index (χ3v) is 5.13. The monoisotopic (exact) mass is 259 g/mol. The summed E-state index contributed by atoms with van der Waals surface area (Å²) in [5.41, 5.74) is 0.126. The van der Waals surface area contributed by atoms with E-state index in [2.05, 4.69) is 5.32 Å². The van der Waals surface area contributed by atoms with Crippen LogP contribution in [0.3, 0.4) is 0 Å². The van der Waals surface area contributed by atoms with E-state index in [0.717, 1.165) is 25.8 Å². The minimum atomic E-state index is -4.26. The summed E-state index contributed by atoms with van der Waals surface area (Å²) < 4.78 is 38.7. The Morgan fingerprint density at radius 3 is 2.59 bits per heavy atom. The summed E-state index contributed by atoms with van der Waals surface area (Å²) in [5.74, 6) is 0. The minimum absolute atomic E-state index is 0.00829. The lowest BCUT2D eigenvalue weighted by Gasteiger charge is -2.45. The van der Waals surface area contributed by atoms with Crippen molar-refractivity contribution in [3.05, 3.63) is 23.8 Å². The lowest BCUT2D eigenvalue weighted by molar-refractivity contribution is -0.139. The highest BCUT2D eigenvalue weighted by molar-refractivity contribution is 8.01. The molecule has 0 amide bonds. The van der Waals surface area contributed by atoms with E-state index in [4.69, 9.17) is 0 Å². The van der Waals surface area contributed by atoms with Gasteiger partial charge in [0.25, 0.3) is 0 Å². The molecule has 1 N–H and O–H groups in total. The van der Waals surface area contributed by atoms with E-state index in [9.17, 15) is 13.2 Å². The Morgan fingerprint density at radius 1 is 1.24 bits per heavy atom. The smallest absolute Gasteiger partial charge is 0.383 e. The molecule has 1 saturated carbocycles. The zero-order valence-corrected chi connectivity index (χ0v) is 9.92. The second-order valence-electron chi connectivity index (χ2n) is 4.67. The van der Waals surface area contributed by atoms with Crippen LogP contribution in [-0.2, 0) is 6.18 Å². The van der Waals surface area contributed by atoms with E-state index in [0.29, 0.717) is 10.6 Å². The van der Waals surface area contributed by atoms with Crippen LogP contribution >= 0.6 is 11.8 Å². The maximum absolute atomic E-state index is 12.9. The number of benzene rings is 1. The van der Waals surface area contributed by atoms with Gasteiger partial charge in [0.05, 0.1) is 5.56 Å². The van der Waals surface area contributed by atoms with Crippen molar-refractivity contribution in [2.24, 2.45) is 0 Å². The topological polar surface area (TPSA) is 12.0 Å². The Kier molecular flexibility index (Phi) is 2.37. The number of fused-ring (bicyclic) bond motifs is 1. The number of nitrogens with one attached hydrogen (secondary N) is 1. The molecule has 1 aliphatic carbocycles. The maximum Gasteiger partial charge on any atom is 0.417 e. The first-order chi connectivity index (χ1) is 8.00. The van der Waals surface area contributed by atoms with Crippen LogP contribution in [0.4, 0.5) is 18.9 Å². The molecule has 5 heteroatoms. The van der Waals surface area contributed by atoms with E-state index >= 15 is 0 Å². The molecule has 1 aromatic rings. The Bertz CT molecular complexity index is 452. The molecular weight excluding hydrogens is 247 g/mol. The summed E-state index contributed by atoms with van der Waals surface area (Å²) in [6.45, 7) is 0.784. The summed E-state index contributed by atoms with van der Waals surface area (Å²) in [4.78, 5) is 0.381. The number of thioether (sulfide) groups is 1. The Hall–Kier alpha value is -0.840. The molecule has 0 unspecified atom stereocenters. The lowest BCUT2D eigenvalue weighted by atomic mass is 9.84. The summed E-state index contributed by atoms with van der Waals surface area (Å²) >= 11 is 1.42. The van der Waals surface area contributed by atoms with Gasteiger partial charge in [0.15, 0.2) is 0 Å². The van der Waals surface area contributed by atoms with Crippen LogP contribution in [0.25, 0.3) is 0 Å². The Balaban J connectivity index is 2.04. The van der Waals surface area contributed by atoms with Crippen LogP contribution in [-0.4, -0.2) is 11.3 Å². The van der Waals surface area contributed by atoms with Gasteiger partial charge in [-0.05, 0) is 25.0 Å². The molecule has 1 aromatic carbocycles. The third-order valence-electron chi connectivity index (χ3n) is 3.50. The molecule has 1 heterocycles. The first kappa shape index (κ1) is 11.3. The fourth-order valence-electron chi connectivity index (χ4n) is 2.37. The third kappa shape index (κ3) is 1.80. The van der Waals surface area contributed by atoms with E-state index in [1.165, 1.54) is 23.9 Å². The van der Waals surface area contributed by atoms with Gasteiger partial charge in [0, 0.05) is 21.9 Å². The van der Waals surface area contributed by atoms with Crippen molar-refractivity contribution in [2.45, 2.75) is 35.1 Å². The number of hydrogen-bond acceptors (Lipinski definition) is 2. The molecule has 92 valence electrons. The fourth-order valence-corrected chi connectivity index (χ4v) is 3.98. The van der Waals surface area contributed by atoms with Crippen LogP contribution in [0.2, 0.25) is 0 Å². The average Bonchev–Trinajstić information content (AvgIpc) is 2.24. The van der Waals surface area contributed by atoms with Crippen LogP contribution in [0.15, 0.2) is 23.1 Å². The summed E-state index contributed by atoms with van der Waals surface area (Å²) in [6.07, 6.45) is -1.12. The molecule has 1 spiro atoms. The largest absolute Gasteiger partial charge is 0.417 e. The van der Waals surface area contributed by atoms with E-state index in [1.54, 1.807) is 6.07 Å². The predicted molar refractivity (Wildman–Crippen MR) is 62.4 cm³/mol. The predicted octanol–water partition coefficient (Wildman–Crippen LogP) is 4.15. The van der Waals surface area contributed by atoms with Gasteiger partial charge >= 0.3 is 6.18 Å². The summed E-state index contributed by atoms with van der Waals surface area (Å²) in [5, 5.41) is 3.15. The summed E-state index contributed by atoms with van der Waals surface area (Å²) in [7, 11) is 0. The molecule has 1 aliphatic heterocycles. The van der Waals surface area contributed by atoms with Crippen molar-refractivity contribution in [3.8, 4) is 0 Å². The van der Waals surface area contributed by atoms with Gasteiger partial charge in [-0.25, -0.2) is 0 Å². The molecule has 0 bridgehead atoms. The number of hydrogen-bond donors (Lipinski definition) is 1. The van der Waals surface area contributed by atoms with Gasteiger partial charge in [0.2, 0.25) is 0 Å². The van der Waals surface area contributed by atoms with Crippen LogP contribution in [0.5, 0.6) is 0 Å². The van der Waals surface area contributed by atoms with Crippen molar-refractivity contribution in [1.82, 2.24) is 0 Å². The average molecular weight is 259 g/mol. The van der Waals surface area contributed by atoms with Crippen molar-refractivity contribution >= 4 is 17.4 Å². The maximum atomic E-state index is 12.9. The Labute approximate surface area is 102 Å². The van der Waals surface area contributed by atoms with E-state index < -0.39 is 11.7 Å². The second-order valence-corrected chi connectivity index (χ2v) is 6.15. The van der Waals surface area contributed by atoms with Crippen molar-refractivity contribution in [3.63, 3.8) is 0 Å². The van der Waals surface area contributed by atoms with Gasteiger partial charge in [-0.1, -0.05) is 12.5 Å². The van der Waals surface area contributed by atoms with Crippen LogP contribution in [0, 0.1) is 0 Å².